The van der Waals surface area contributed by atoms with Crippen LogP contribution in [0, 0.1) is 0 Å². The predicted molar refractivity (Wildman–Crippen MR) is 90.9 cm³/mol. The van der Waals surface area contributed by atoms with Crippen LogP contribution in [0.25, 0.3) is 0 Å². The van der Waals surface area contributed by atoms with E-state index in [0.717, 1.165) is 32.5 Å². The van der Waals surface area contributed by atoms with Crippen molar-refractivity contribution in [2.45, 2.75) is 51.5 Å². The number of aromatic nitrogens is 2. The van der Waals surface area contributed by atoms with Crippen molar-refractivity contribution in [3.8, 4) is 0 Å². The minimum absolute atomic E-state index is 0.0941. The second-order valence-corrected chi connectivity index (χ2v) is 7.10. The van der Waals surface area contributed by atoms with Crippen LogP contribution >= 0.6 is 0 Å². The van der Waals surface area contributed by atoms with Crippen LogP contribution in [0.2, 0.25) is 0 Å². The lowest BCUT2D eigenvalue weighted by Crippen LogP contribution is -2.57. The van der Waals surface area contributed by atoms with Gasteiger partial charge in [0.15, 0.2) is 5.82 Å². The van der Waals surface area contributed by atoms with Gasteiger partial charge in [-0.3, -0.25) is 9.59 Å². The molecule has 1 aromatic heterocycles. The van der Waals surface area contributed by atoms with Gasteiger partial charge in [-0.15, -0.1) is 0 Å². The zero-order valence-corrected chi connectivity index (χ0v) is 15.0. The summed E-state index contributed by atoms with van der Waals surface area (Å²) in [6.45, 7) is 7.36. The van der Waals surface area contributed by atoms with Crippen molar-refractivity contribution in [1.82, 2.24) is 25.3 Å². The summed E-state index contributed by atoms with van der Waals surface area (Å²) < 4.78 is 5.20. The van der Waals surface area contributed by atoms with Crippen molar-refractivity contribution < 1.29 is 14.1 Å². The number of likely N-dealkylation sites (tertiary alicyclic amines) is 1. The van der Waals surface area contributed by atoms with Crippen molar-refractivity contribution in [2.75, 3.05) is 32.7 Å². The fourth-order valence-electron chi connectivity index (χ4n) is 3.42. The van der Waals surface area contributed by atoms with E-state index in [1.165, 1.54) is 0 Å². The summed E-state index contributed by atoms with van der Waals surface area (Å²) in [5, 5.41) is 7.02. The van der Waals surface area contributed by atoms with Gasteiger partial charge in [-0.05, 0) is 12.8 Å². The van der Waals surface area contributed by atoms with E-state index in [-0.39, 0.29) is 23.8 Å². The molecule has 8 heteroatoms. The van der Waals surface area contributed by atoms with Crippen LogP contribution in [0.5, 0.6) is 0 Å². The first-order chi connectivity index (χ1) is 12.0. The van der Waals surface area contributed by atoms with Gasteiger partial charge in [0.25, 0.3) is 0 Å². The number of hydrogen-bond donors (Lipinski definition) is 1. The Bertz CT molecular complexity index is 615. The van der Waals surface area contributed by atoms with E-state index in [1.54, 1.807) is 0 Å². The molecular weight excluding hydrogens is 322 g/mol. The van der Waals surface area contributed by atoms with Gasteiger partial charge < -0.3 is 19.6 Å². The van der Waals surface area contributed by atoms with Gasteiger partial charge in [-0.1, -0.05) is 19.0 Å². The molecule has 2 fully saturated rings. The second kappa shape index (κ2) is 7.95. The Morgan fingerprint density at radius 3 is 2.96 bits per heavy atom. The third kappa shape index (κ3) is 4.36. The topological polar surface area (TPSA) is 91.6 Å². The summed E-state index contributed by atoms with van der Waals surface area (Å²) in [7, 11) is 0. The maximum absolute atomic E-state index is 12.5. The third-order valence-electron chi connectivity index (χ3n) is 4.87. The van der Waals surface area contributed by atoms with Gasteiger partial charge in [0, 0.05) is 51.0 Å². The van der Waals surface area contributed by atoms with Crippen LogP contribution in [0.3, 0.4) is 0 Å². The lowest BCUT2D eigenvalue weighted by Gasteiger charge is -2.41. The van der Waals surface area contributed by atoms with Gasteiger partial charge in [-0.25, -0.2) is 0 Å². The van der Waals surface area contributed by atoms with E-state index < -0.39 is 0 Å². The SMILES string of the molecule is CC(C)c1noc(CCC(=O)N2CCCC(N3CCNCC3=O)C2)n1. The van der Waals surface area contributed by atoms with Crippen LogP contribution in [0.15, 0.2) is 4.52 Å². The van der Waals surface area contributed by atoms with Crippen LogP contribution in [-0.2, 0) is 16.0 Å². The molecule has 3 heterocycles. The Morgan fingerprint density at radius 1 is 1.40 bits per heavy atom. The molecule has 2 aliphatic heterocycles. The lowest BCUT2D eigenvalue weighted by atomic mass is 10.0. The van der Waals surface area contributed by atoms with Crippen molar-refractivity contribution >= 4 is 11.8 Å². The highest BCUT2D eigenvalue weighted by molar-refractivity contribution is 5.80. The molecule has 1 aromatic rings. The molecule has 2 aliphatic rings. The molecule has 1 atom stereocenters. The number of nitrogens with zero attached hydrogens (tertiary/aromatic N) is 4. The second-order valence-electron chi connectivity index (χ2n) is 7.10. The molecule has 0 spiro atoms. The Balaban J connectivity index is 1.51. The minimum atomic E-state index is 0.0941. The smallest absolute Gasteiger partial charge is 0.236 e. The summed E-state index contributed by atoms with van der Waals surface area (Å²) in [5.74, 6) is 1.64. The zero-order chi connectivity index (χ0) is 17.8. The largest absolute Gasteiger partial charge is 0.341 e. The summed E-state index contributed by atoms with van der Waals surface area (Å²) in [6.07, 6.45) is 2.73. The number of aryl methyl sites for hydroxylation is 1. The number of amides is 2. The average Bonchev–Trinajstić information content (AvgIpc) is 3.09. The molecule has 0 aliphatic carbocycles. The van der Waals surface area contributed by atoms with Crippen LogP contribution < -0.4 is 5.32 Å². The fraction of sp³-hybridized carbons (Fsp3) is 0.765. The number of rotatable bonds is 5. The number of carbonyl (C=O) groups excluding carboxylic acids is 2. The normalized spacial score (nSPS) is 21.9. The van der Waals surface area contributed by atoms with E-state index >= 15 is 0 Å². The quantitative estimate of drug-likeness (QED) is 0.835. The van der Waals surface area contributed by atoms with Gasteiger partial charge in [0.1, 0.15) is 0 Å². The van der Waals surface area contributed by atoms with Gasteiger partial charge in [0.05, 0.1) is 6.54 Å². The highest BCUT2D eigenvalue weighted by Gasteiger charge is 2.31. The Kier molecular flexibility index (Phi) is 5.67. The third-order valence-corrected chi connectivity index (χ3v) is 4.87. The Morgan fingerprint density at radius 2 is 2.24 bits per heavy atom. The molecule has 2 amide bonds. The fourth-order valence-corrected chi connectivity index (χ4v) is 3.42. The zero-order valence-electron chi connectivity index (χ0n) is 15.0. The summed E-state index contributed by atoms with van der Waals surface area (Å²) >= 11 is 0. The summed E-state index contributed by atoms with van der Waals surface area (Å²) in [4.78, 5) is 32.7. The predicted octanol–water partition coefficient (Wildman–Crippen LogP) is 0.548. The molecule has 138 valence electrons. The standard InChI is InChI=1S/C17H27N5O3/c1-12(2)17-19-14(25-20-17)5-6-15(23)21-8-3-4-13(11-21)22-9-7-18-10-16(22)24/h12-13,18H,3-11H2,1-2H3. The molecule has 0 bridgehead atoms. The Labute approximate surface area is 147 Å². The number of nitrogens with one attached hydrogen (secondary N) is 1. The van der Waals surface area contributed by atoms with Crippen molar-refractivity contribution in [3.05, 3.63) is 11.7 Å². The molecule has 0 radical (unpaired) electrons. The molecular formula is C17H27N5O3. The van der Waals surface area contributed by atoms with E-state index in [0.29, 0.717) is 37.6 Å². The van der Waals surface area contributed by atoms with Crippen LogP contribution in [0.1, 0.15) is 50.7 Å². The van der Waals surface area contributed by atoms with E-state index in [9.17, 15) is 9.59 Å². The monoisotopic (exact) mass is 349 g/mol. The van der Waals surface area contributed by atoms with Gasteiger partial charge in [0.2, 0.25) is 17.7 Å². The average molecular weight is 349 g/mol. The molecule has 0 saturated carbocycles. The highest BCUT2D eigenvalue weighted by atomic mass is 16.5. The molecule has 8 nitrogen and oxygen atoms in total. The van der Waals surface area contributed by atoms with E-state index in [2.05, 4.69) is 15.5 Å². The number of hydrogen-bond acceptors (Lipinski definition) is 6. The first kappa shape index (κ1) is 17.8. The molecule has 2 saturated heterocycles. The first-order valence-electron chi connectivity index (χ1n) is 9.15. The molecule has 3 rings (SSSR count). The Hall–Kier alpha value is -1.96. The lowest BCUT2D eigenvalue weighted by molar-refractivity contribution is -0.140. The van der Waals surface area contributed by atoms with Crippen LogP contribution in [0.4, 0.5) is 0 Å². The summed E-state index contributed by atoms with van der Waals surface area (Å²) in [6, 6.07) is 0.142. The van der Waals surface area contributed by atoms with Crippen molar-refractivity contribution in [2.24, 2.45) is 0 Å². The van der Waals surface area contributed by atoms with Crippen molar-refractivity contribution in [3.63, 3.8) is 0 Å². The van der Waals surface area contributed by atoms with Crippen molar-refractivity contribution in [1.29, 1.82) is 0 Å². The highest BCUT2D eigenvalue weighted by Crippen LogP contribution is 2.18. The van der Waals surface area contributed by atoms with Gasteiger partial charge >= 0.3 is 0 Å². The maximum Gasteiger partial charge on any atom is 0.236 e. The molecule has 1 N–H and O–H groups in total. The van der Waals surface area contributed by atoms with Gasteiger partial charge in [-0.2, -0.15) is 4.98 Å². The maximum atomic E-state index is 12.5. The first-order valence-corrected chi connectivity index (χ1v) is 9.15. The minimum Gasteiger partial charge on any atom is -0.341 e. The van der Waals surface area contributed by atoms with E-state index in [1.807, 2.05) is 23.6 Å². The van der Waals surface area contributed by atoms with E-state index in [4.69, 9.17) is 4.52 Å². The number of carbonyl (C=O) groups is 2. The molecule has 25 heavy (non-hydrogen) atoms. The number of piperidine rings is 1. The van der Waals surface area contributed by atoms with Crippen LogP contribution in [-0.4, -0.2) is 70.5 Å². The molecule has 1 unspecified atom stereocenters. The molecule has 0 aromatic carbocycles. The summed E-state index contributed by atoms with van der Waals surface area (Å²) in [5.41, 5.74) is 0. The number of piperazine rings is 1.